The van der Waals surface area contributed by atoms with Gasteiger partial charge in [0.15, 0.2) is 0 Å². The van der Waals surface area contributed by atoms with E-state index in [1.807, 2.05) is 43.6 Å². The number of carbonyl (C=O) groups excluding carboxylic acids is 1. The van der Waals surface area contributed by atoms with Crippen molar-refractivity contribution in [1.29, 1.82) is 0 Å². The van der Waals surface area contributed by atoms with Gasteiger partial charge in [0.1, 0.15) is 23.6 Å². The molecule has 1 aliphatic heterocycles. The molecule has 1 aliphatic carbocycles. The molecule has 5 aromatic rings. The van der Waals surface area contributed by atoms with Gasteiger partial charge in [-0.1, -0.05) is 12.1 Å². The minimum Gasteiger partial charge on any atom is -0.356 e. The van der Waals surface area contributed by atoms with Crippen molar-refractivity contribution in [2.24, 2.45) is 24.8 Å². The molecule has 174 valence electrons. The van der Waals surface area contributed by atoms with Crippen LogP contribution in [0.25, 0.3) is 38.8 Å². The molecular formula is C27H23FN6O. The van der Waals surface area contributed by atoms with E-state index < -0.39 is 0 Å². The second-order valence-electron chi connectivity index (χ2n) is 9.69. The molecule has 8 heteroatoms. The summed E-state index contributed by atoms with van der Waals surface area (Å²) < 4.78 is 18.3. The Morgan fingerprint density at radius 1 is 1.03 bits per heavy atom. The van der Waals surface area contributed by atoms with Gasteiger partial charge in [-0.25, -0.2) is 14.1 Å². The summed E-state index contributed by atoms with van der Waals surface area (Å²) in [6.07, 6.45) is 4.87. The number of piperidine rings is 1. The van der Waals surface area contributed by atoms with E-state index in [9.17, 15) is 9.18 Å². The van der Waals surface area contributed by atoms with Crippen molar-refractivity contribution in [3.63, 3.8) is 0 Å². The Hall–Kier alpha value is -4.07. The topological polar surface area (TPSA) is 68.8 Å². The van der Waals surface area contributed by atoms with Crippen LogP contribution in [0.3, 0.4) is 0 Å². The predicted molar refractivity (Wildman–Crippen MR) is 132 cm³/mol. The number of rotatable bonds is 4. The van der Waals surface area contributed by atoms with Crippen LogP contribution in [0.2, 0.25) is 0 Å². The number of pyridine rings is 1. The van der Waals surface area contributed by atoms with Crippen molar-refractivity contribution in [2.45, 2.75) is 6.92 Å². The van der Waals surface area contributed by atoms with Crippen LogP contribution in [0.4, 0.5) is 10.2 Å². The summed E-state index contributed by atoms with van der Waals surface area (Å²) in [6.45, 7) is 3.52. The van der Waals surface area contributed by atoms with Crippen molar-refractivity contribution in [2.75, 3.05) is 18.0 Å². The molecule has 1 saturated carbocycles. The van der Waals surface area contributed by atoms with Crippen LogP contribution in [0.15, 0.2) is 54.9 Å². The Labute approximate surface area is 200 Å². The van der Waals surface area contributed by atoms with Gasteiger partial charge in [0.2, 0.25) is 0 Å². The number of aromatic nitrogens is 5. The summed E-state index contributed by atoms with van der Waals surface area (Å²) in [5.41, 5.74) is 4.67. The average molecular weight is 467 g/mol. The lowest BCUT2D eigenvalue weighted by atomic mass is 10.0. The molecule has 35 heavy (non-hydrogen) atoms. The second kappa shape index (κ2) is 7.21. The lowest BCUT2D eigenvalue weighted by Gasteiger charge is -2.20. The molecule has 1 saturated heterocycles. The van der Waals surface area contributed by atoms with E-state index in [4.69, 9.17) is 10.1 Å². The average Bonchev–Trinajstić information content (AvgIpc) is 3.24. The van der Waals surface area contributed by atoms with Gasteiger partial charge in [0.25, 0.3) is 0 Å². The Bertz CT molecular complexity index is 1620. The van der Waals surface area contributed by atoms with E-state index in [-0.39, 0.29) is 11.7 Å². The van der Waals surface area contributed by atoms with Gasteiger partial charge >= 0.3 is 0 Å². The van der Waals surface area contributed by atoms with Crippen LogP contribution in [-0.4, -0.2) is 43.9 Å². The molecule has 3 aromatic heterocycles. The molecule has 0 bridgehead atoms. The first-order valence-corrected chi connectivity index (χ1v) is 11.8. The van der Waals surface area contributed by atoms with E-state index in [1.165, 1.54) is 6.07 Å². The summed E-state index contributed by atoms with van der Waals surface area (Å²) in [5.74, 6) is 1.78. The zero-order chi connectivity index (χ0) is 23.8. The fraction of sp³-hybridized carbons (Fsp3) is 0.259. The smallest absolute Gasteiger partial charge is 0.128 e. The molecule has 2 unspecified atom stereocenters. The number of hydrogen-bond acceptors (Lipinski definition) is 5. The summed E-state index contributed by atoms with van der Waals surface area (Å²) in [4.78, 5) is 18.0. The molecule has 0 N–H and O–H groups in total. The largest absolute Gasteiger partial charge is 0.356 e. The number of hydrogen-bond donors (Lipinski definition) is 0. The third-order valence-electron chi connectivity index (χ3n) is 7.67. The summed E-state index contributed by atoms with van der Waals surface area (Å²) in [5, 5.41) is 11.4. The minimum atomic E-state index is -0.268. The quantitative estimate of drug-likeness (QED) is 0.370. The van der Waals surface area contributed by atoms with E-state index in [0.717, 1.165) is 63.9 Å². The third-order valence-corrected chi connectivity index (χ3v) is 7.67. The van der Waals surface area contributed by atoms with Gasteiger partial charge in [-0.05, 0) is 49.1 Å². The highest BCUT2D eigenvalue weighted by atomic mass is 19.1. The maximum absolute atomic E-state index is 14.7. The van der Waals surface area contributed by atoms with Crippen LogP contribution in [0.1, 0.15) is 5.56 Å². The third kappa shape index (κ3) is 2.95. The second-order valence-corrected chi connectivity index (χ2v) is 9.69. The van der Waals surface area contributed by atoms with E-state index in [1.54, 1.807) is 28.6 Å². The predicted octanol–water partition coefficient (Wildman–Crippen LogP) is 4.30. The van der Waals surface area contributed by atoms with Crippen molar-refractivity contribution in [3.8, 4) is 16.9 Å². The standard InChI is InChI=1S/C27H23FN6O/c1-15-23(28)8-7-18-26(17-4-3-5-24-21(17)11-32(2)30-24)31-34(27(15)18)16-6-9-25(29-10-16)33-12-19-20(13-33)22(19)14-35/h3-11,14,19-20,22H,12-13H2,1-2H3. The first kappa shape index (κ1) is 20.3. The highest BCUT2D eigenvalue weighted by Crippen LogP contribution is 2.51. The first-order valence-electron chi connectivity index (χ1n) is 11.8. The zero-order valence-electron chi connectivity index (χ0n) is 19.4. The SMILES string of the molecule is Cc1c(F)ccc2c(-c3cccc4nn(C)cc34)nn(-c3ccc(N4CC5C(C=O)C5C4)nc3)c12. The van der Waals surface area contributed by atoms with Crippen molar-refractivity contribution in [3.05, 3.63) is 66.2 Å². The summed E-state index contributed by atoms with van der Waals surface area (Å²) in [6, 6.07) is 13.2. The Balaban J connectivity index is 1.34. The number of benzene rings is 2. The first-order chi connectivity index (χ1) is 17.0. The van der Waals surface area contributed by atoms with Gasteiger partial charge in [-0.15, -0.1) is 0 Å². The maximum atomic E-state index is 14.7. The van der Waals surface area contributed by atoms with Crippen molar-refractivity contribution >= 4 is 33.9 Å². The van der Waals surface area contributed by atoms with Gasteiger partial charge in [-0.3, -0.25) is 4.68 Å². The van der Waals surface area contributed by atoms with Crippen LogP contribution in [0.5, 0.6) is 0 Å². The summed E-state index contributed by atoms with van der Waals surface area (Å²) in [7, 11) is 1.90. The zero-order valence-corrected chi connectivity index (χ0v) is 19.4. The molecule has 0 amide bonds. The van der Waals surface area contributed by atoms with Crippen molar-refractivity contribution < 1.29 is 9.18 Å². The Kier molecular flexibility index (Phi) is 4.19. The molecule has 2 aliphatic rings. The fourth-order valence-electron chi connectivity index (χ4n) is 5.75. The normalized spacial score (nSPS) is 21.1. The van der Waals surface area contributed by atoms with E-state index >= 15 is 0 Å². The number of nitrogens with zero attached hydrogens (tertiary/aromatic N) is 6. The lowest BCUT2D eigenvalue weighted by Crippen LogP contribution is -2.25. The molecule has 7 nitrogen and oxygen atoms in total. The highest BCUT2D eigenvalue weighted by Gasteiger charge is 2.55. The van der Waals surface area contributed by atoms with Crippen LogP contribution in [0, 0.1) is 30.5 Å². The number of fused-ring (bicyclic) bond motifs is 3. The van der Waals surface area contributed by atoms with Crippen molar-refractivity contribution in [1.82, 2.24) is 24.5 Å². The minimum absolute atomic E-state index is 0.224. The fourth-order valence-corrected chi connectivity index (χ4v) is 5.75. The van der Waals surface area contributed by atoms with Gasteiger partial charge in [0.05, 0.1) is 22.9 Å². The molecule has 4 heterocycles. The molecule has 7 rings (SSSR count). The molecule has 0 radical (unpaired) electrons. The molecular weight excluding hydrogens is 443 g/mol. The number of carbonyl (C=O) groups is 1. The molecule has 2 atom stereocenters. The lowest BCUT2D eigenvalue weighted by molar-refractivity contribution is -0.109. The number of anilines is 1. The Morgan fingerprint density at radius 3 is 2.60 bits per heavy atom. The monoisotopic (exact) mass is 466 g/mol. The molecule has 2 fully saturated rings. The van der Waals surface area contributed by atoms with Crippen LogP contribution < -0.4 is 4.90 Å². The number of aryl methyl sites for hydroxylation is 2. The number of aldehydes is 1. The molecule has 0 spiro atoms. The number of halogens is 1. The molecule has 2 aromatic carbocycles. The van der Waals surface area contributed by atoms with E-state index in [0.29, 0.717) is 17.4 Å². The van der Waals surface area contributed by atoms with Crippen LogP contribution in [-0.2, 0) is 11.8 Å². The van der Waals surface area contributed by atoms with E-state index in [2.05, 4.69) is 10.00 Å². The van der Waals surface area contributed by atoms with Gasteiger partial charge < -0.3 is 9.69 Å². The highest BCUT2D eigenvalue weighted by molar-refractivity contribution is 6.03. The van der Waals surface area contributed by atoms with Gasteiger partial charge in [0, 0.05) is 54.2 Å². The maximum Gasteiger partial charge on any atom is 0.128 e. The Morgan fingerprint density at radius 2 is 1.86 bits per heavy atom. The summed E-state index contributed by atoms with van der Waals surface area (Å²) >= 11 is 0. The van der Waals surface area contributed by atoms with Crippen LogP contribution >= 0.6 is 0 Å². The van der Waals surface area contributed by atoms with Gasteiger partial charge in [-0.2, -0.15) is 10.2 Å².